The number of ether oxygens (including phenoxy) is 3. The van der Waals surface area contributed by atoms with Crippen molar-refractivity contribution in [3.05, 3.63) is 35.9 Å². The molecule has 1 aromatic rings. The fraction of sp³-hybridized carbons (Fsp3) is 0.744. The maximum atomic E-state index is 14.0. The number of nitrogens with one attached hydrogen (secondary N) is 2. The van der Waals surface area contributed by atoms with Crippen LogP contribution in [-0.4, -0.2) is 116 Å². The van der Waals surface area contributed by atoms with E-state index in [1.807, 2.05) is 62.9 Å². The van der Waals surface area contributed by atoms with E-state index in [1.54, 1.807) is 60.9 Å². The van der Waals surface area contributed by atoms with Gasteiger partial charge in [0.25, 0.3) is 0 Å². The average Bonchev–Trinajstić information content (AvgIpc) is 3.60. The van der Waals surface area contributed by atoms with Gasteiger partial charge in [0.1, 0.15) is 11.6 Å². The van der Waals surface area contributed by atoms with Crippen LogP contribution in [0.25, 0.3) is 0 Å². The molecule has 56 heavy (non-hydrogen) atoms. The molecule has 0 bridgehead atoms. The summed E-state index contributed by atoms with van der Waals surface area (Å²) in [6.07, 6.45) is 2.02. The Morgan fingerprint density at radius 3 is 2.02 bits per heavy atom. The largest absolute Gasteiger partial charge is 0.458 e. The van der Waals surface area contributed by atoms with Crippen LogP contribution in [0.2, 0.25) is 0 Å². The number of primary amides is 1. The van der Waals surface area contributed by atoms with E-state index < -0.39 is 35.7 Å². The zero-order chi connectivity index (χ0) is 42.9. The van der Waals surface area contributed by atoms with Crippen molar-refractivity contribution in [1.29, 1.82) is 0 Å². The number of amides is 4. The third kappa shape index (κ3) is 16.1. The smallest absolute Gasteiger partial charge is 0.329 e. The van der Waals surface area contributed by atoms with Crippen LogP contribution in [0.15, 0.2) is 30.3 Å². The van der Waals surface area contributed by atoms with Gasteiger partial charge in [-0.2, -0.15) is 0 Å². The molecule has 1 aliphatic rings. The predicted molar refractivity (Wildman–Crippen MR) is 220 cm³/mol. The van der Waals surface area contributed by atoms with E-state index in [-0.39, 0.29) is 72.3 Å². The first kappa shape index (κ1) is 50.5. The first-order valence-corrected chi connectivity index (χ1v) is 20.3. The van der Waals surface area contributed by atoms with Crippen LogP contribution in [0.3, 0.4) is 0 Å². The number of nitrogens with zero attached hydrogens (tertiary/aromatic N) is 2. The molecule has 2 rings (SSSR count). The van der Waals surface area contributed by atoms with Crippen molar-refractivity contribution in [2.45, 2.75) is 150 Å². The lowest BCUT2D eigenvalue weighted by Gasteiger charge is -2.39. The molecule has 8 unspecified atom stereocenters. The normalized spacial score (nSPS) is 18.1. The molecule has 8 atom stereocenters. The van der Waals surface area contributed by atoms with Crippen LogP contribution in [0.5, 0.6) is 0 Å². The Labute approximate surface area is 337 Å². The lowest BCUT2D eigenvalue weighted by Crippen LogP contribution is -2.54. The molecule has 13 nitrogen and oxygen atoms in total. The standard InChI is InChI=1S/C37H61N3O7.C6H14N2O/c1-12-25(4)33(39(9)31(41)21-24(2)3)30(45-10)23-32(42)40-20-16-19-29(40)34(46-11)26(5)35(43)38-28(36(44)47-37(6,7)8)22-27-17-14-13-15-18-27;1-4(2)5(8-3)6(7)9/h13-15,17-18,24-26,28-30,33-34H,12,16,19-23H2,1-11H3,(H,38,43);4-5,8H,1-3H3,(H2,7,9). The van der Waals surface area contributed by atoms with E-state index in [2.05, 4.69) is 24.5 Å². The van der Waals surface area contributed by atoms with Crippen molar-refractivity contribution < 1.29 is 38.2 Å². The highest BCUT2D eigenvalue weighted by Crippen LogP contribution is 2.30. The lowest BCUT2D eigenvalue weighted by atomic mass is 9.90. The Bertz CT molecular complexity index is 1370. The summed E-state index contributed by atoms with van der Waals surface area (Å²) >= 11 is 0. The summed E-state index contributed by atoms with van der Waals surface area (Å²) < 4.78 is 17.5. The van der Waals surface area contributed by atoms with Gasteiger partial charge in [-0.15, -0.1) is 0 Å². The number of methoxy groups -OCH3 is 2. The van der Waals surface area contributed by atoms with E-state index in [1.165, 1.54) is 0 Å². The minimum Gasteiger partial charge on any atom is -0.458 e. The van der Waals surface area contributed by atoms with Crippen molar-refractivity contribution in [2.75, 3.05) is 34.9 Å². The molecular weight excluding hydrogens is 714 g/mol. The van der Waals surface area contributed by atoms with Crippen LogP contribution >= 0.6 is 0 Å². The first-order valence-electron chi connectivity index (χ1n) is 20.3. The zero-order valence-electron chi connectivity index (χ0n) is 36.8. The van der Waals surface area contributed by atoms with Crippen LogP contribution < -0.4 is 16.4 Å². The third-order valence-corrected chi connectivity index (χ3v) is 10.5. The number of benzene rings is 1. The van der Waals surface area contributed by atoms with Crippen molar-refractivity contribution in [3.63, 3.8) is 0 Å². The van der Waals surface area contributed by atoms with Crippen molar-refractivity contribution in [2.24, 2.45) is 29.4 Å². The van der Waals surface area contributed by atoms with Gasteiger partial charge < -0.3 is 40.4 Å². The minimum atomic E-state index is -0.888. The number of rotatable bonds is 20. The Hall–Kier alpha value is -3.55. The Morgan fingerprint density at radius 2 is 1.57 bits per heavy atom. The number of hydrogen-bond donors (Lipinski definition) is 3. The highest BCUT2D eigenvalue weighted by Gasteiger charge is 2.42. The molecule has 1 aromatic carbocycles. The molecule has 0 aliphatic carbocycles. The van der Waals surface area contributed by atoms with Crippen molar-refractivity contribution >= 4 is 29.6 Å². The summed E-state index contributed by atoms with van der Waals surface area (Å²) in [6, 6.07) is 7.81. The van der Waals surface area contributed by atoms with Crippen LogP contribution in [0, 0.1) is 23.7 Å². The number of carbonyl (C=O) groups excluding carboxylic acids is 5. The summed E-state index contributed by atoms with van der Waals surface area (Å²) in [5.41, 5.74) is 5.23. The lowest BCUT2D eigenvalue weighted by molar-refractivity contribution is -0.159. The van der Waals surface area contributed by atoms with E-state index in [4.69, 9.17) is 19.9 Å². The molecule has 1 heterocycles. The van der Waals surface area contributed by atoms with Crippen LogP contribution in [0.1, 0.15) is 107 Å². The topological polar surface area (TPSA) is 170 Å². The van der Waals surface area contributed by atoms with E-state index >= 15 is 0 Å². The molecule has 0 radical (unpaired) electrons. The maximum absolute atomic E-state index is 14.0. The van der Waals surface area contributed by atoms with Gasteiger partial charge in [0.2, 0.25) is 23.6 Å². The molecule has 320 valence electrons. The molecule has 1 fully saturated rings. The number of esters is 1. The summed E-state index contributed by atoms with van der Waals surface area (Å²) in [6.45, 7) is 19.8. The average molecular weight is 790 g/mol. The monoisotopic (exact) mass is 790 g/mol. The summed E-state index contributed by atoms with van der Waals surface area (Å²) in [7, 11) is 6.68. The fourth-order valence-corrected chi connectivity index (χ4v) is 7.34. The van der Waals surface area contributed by atoms with Crippen LogP contribution in [0.4, 0.5) is 0 Å². The number of likely N-dealkylation sites (N-methyl/N-ethyl adjacent to an activating group) is 2. The molecular formula is C43H75N5O8. The highest BCUT2D eigenvalue weighted by molar-refractivity contribution is 5.86. The second-order valence-electron chi connectivity index (χ2n) is 16.9. The van der Waals surface area contributed by atoms with Gasteiger partial charge >= 0.3 is 5.97 Å². The Kier molecular flexibility index (Phi) is 21.9. The van der Waals surface area contributed by atoms with Crippen LogP contribution in [-0.2, 0) is 44.6 Å². The molecule has 0 saturated carbocycles. The molecule has 1 aliphatic heterocycles. The molecule has 13 heteroatoms. The molecule has 4 amide bonds. The third-order valence-electron chi connectivity index (χ3n) is 10.5. The van der Waals surface area contributed by atoms with Gasteiger partial charge in [-0.25, -0.2) is 4.79 Å². The number of nitrogens with two attached hydrogens (primary N) is 1. The second-order valence-corrected chi connectivity index (χ2v) is 16.9. The highest BCUT2D eigenvalue weighted by atomic mass is 16.6. The van der Waals surface area contributed by atoms with Gasteiger partial charge in [0, 0.05) is 40.7 Å². The SMILES string of the molecule is CCC(C)C(C(CC(=O)N1CCCC1C(OC)C(C)C(=O)NC(Cc1ccccc1)C(=O)OC(C)(C)C)OC)N(C)C(=O)CC(C)C.CNC(C(N)=O)C(C)C. The van der Waals surface area contributed by atoms with E-state index in [9.17, 15) is 24.0 Å². The second kappa shape index (κ2) is 24.3. The first-order chi connectivity index (χ1) is 26.1. The quantitative estimate of drug-likeness (QED) is 0.158. The van der Waals surface area contributed by atoms with Gasteiger partial charge in [-0.1, -0.05) is 85.2 Å². The van der Waals surface area contributed by atoms with Gasteiger partial charge in [0.15, 0.2) is 0 Å². The zero-order valence-corrected chi connectivity index (χ0v) is 36.8. The summed E-state index contributed by atoms with van der Waals surface area (Å²) in [5, 5.41) is 5.75. The predicted octanol–water partition coefficient (Wildman–Crippen LogP) is 4.74. The fourth-order valence-electron chi connectivity index (χ4n) is 7.34. The molecule has 4 N–H and O–H groups in total. The minimum absolute atomic E-state index is 0.0371. The van der Waals surface area contributed by atoms with Crippen molar-refractivity contribution in [3.8, 4) is 0 Å². The molecule has 0 spiro atoms. The Morgan fingerprint density at radius 1 is 0.964 bits per heavy atom. The number of hydrogen-bond acceptors (Lipinski definition) is 9. The summed E-state index contributed by atoms with van der Waals surface area (Å²) in [5.74, 6) is -1.25. The van der Waals surface area contributed by atoms with Gasteiger partial charge in [-0.05, 0) is 64.0 Å². The molecule has 1 saturated heterocycles. The van der Waals surface area contributed by atoms with Crippen molar-refractivity contribution in [1.82, 2.24) is 20.4 Å². The van der Waals surface area contributed by atoms with Gasteiger partial charge in [-0.3, -0.25) is 19.2 Å². The van der Waals surface area contributed by atoms with Gasteiger partial charge in [0.05, 0.1) is 42.7 Å². The number of likely N-dealkylation sites (tertiary alicyclic amines) is 1. The molecule has 0 aromatic heterocycles. The summed E-state index contributed by atoms with van der Waals surface area (Å²) in [4.78, 5) is 68.1. The number of carbonyl (C=O) groups is 5. The van der Waals surface area contributed by atoms with E-state index in [0.717, 1.165) is 18.4 Å². The maximum Gasteiger partial charge on any atom is 0.329 e. The Balaban J connectivity index is 0.00000154. The van der Waals surface area contributed by atoms with E-state index in [0.29, 0.717) is 19.4 Å².